The fourth-order valence-electron chi connectivity index (χ4n) is 1.41. The Morgan fingerprint density at radius 3 is 2.62 bits per heavy atom. The Labute approximate surface area is 97.0 Å². The van der Waals surface area contributed by atoms with Crippen LogP contribution >= 0.6 is 11.3 Å². The van der Waals surface area contributed by atoms with Crippen molar-refractivity contribution < 1.29 is 4.39 Å². The lowest BCUT2D eigenvalue weighted by Gasteiger charge is -1.96. The molecule has 80 valence electrons. The predicted molar refractivity (Wildman–Crippen MR) is 60.8 cm³/mol. The minimum absolute atomic E-state index is 0.239. The highest BCUT2D eigenvalue weighted by atomic mass is 32.1. The van der Waals surface area contributed by atoms with E-state index in [0.29, 0.717) is 11.3 Å². The summed E-state index contributed by atoms with van der Waals surface area (Å²) in [5.41, 5.74) is 1.77. The lowest BCUT2D eigenvalue weighted by atomic mass is 10.1. The summed E-state index contributed by atoms with van der Waals surface area (Å²) in [4.78, 5) is 4.95. The molecule has 0 aliphatic heterocycles. The summed E-state index contributed by atoms with van der Waals surface area (Å²) >= 11 is 1.39. The van der Waals surface area contributed by atoms with Gasteiger partial charge < -0.3 is 0 Å². The van der Waals surface area contributed by atoms with E-state index in [1.54, 1.807) is 12.1 Å². The molecular formula is C12H9FN2S. The maximum absolute atomic E-state index is 12.7. The van der Waals surface area contributed by atoms with E-state index in [0.717, 1.165) is 16.3 Å². The second-order valence-corrected chi connectivity index (χ2v) is 4.52. The van der Waals surface area contributed by atoms with Crippen molar-refractivity contribution in [3.8, 4) is 6.07 Å². The lowest BCUT2D eigenvalue weighted by Crippen LogP contribution is -1.87. The van der Waals surface area contributed by atoms with Gasteiger partial charge in [0.1, 0.15) is 16.8 Å². The molecule has 0 fully saturated rings. The summed E-state index contributed by atoms with van der Waals surface area (Å²) < 4.78 is 12.7. The van der Waals surface area contributed by atoms with Crippen LogP contribution in [0.3, 0.4) is 0 Å². The minimum atomic E-state index is -0.239. The molecule has 0 spiro atoms. The summed E-state index contributed by atoms with van der Waals surface area (Å²) in [6, 6.07) is 8.44. The van der Waals surface area contributed by atoms with Crippen LogP contribution in [0.15, 0.2) is 24.3 Å². The highest BCUT2D eigenvalue weighted by Crippen LogP contribution is 2.19. The van der Waals surface area contributed by atoms with E-state index in [1.807, 2.05) is 6.92 Å². The summed E-state index contributed by atoms with van der Waals surface area (Å²) in [5.74, 6) is -0.239. The number of hydrogen-bond donors (Lipinski definition) is 0. The molecule has 1 aromatic heterocycles. The first-order chi connectivity index (χ1) is 7.69. The van der Waals surface area contributed by atoms with Crippen LogP contribution in [-0.2, 0) is 6.42 Å². The van der Waals surface area contributed by atoms with Crippen molar-refractivity contribution in [2.75, 3.05) is 0 Å². The van der Waals surface area contributed by atoms with Gasteiger partial charge in [0.15, 0.2) is 0 Å². The van der Waals surface area contributed by atoms with E-state index >= 15 is 0 Å². The quantitative estimate of drug-likeness (QED) is 0.798. The second-order valence-electron chi connectivity index (χ2n) is 3.44. The summed E-state index contributed by atoms with van der Waals surface area (Å²) in [6.07, 6.45) is 0.646. The van der Waals surface area contributed by atoms with Crippen LogP contribution in [-0.4, -0.2) is 4.98 Å². The van der Waals surface area contributed by atoms with Crippen LogP contribution in [0, 0.1) is 24.1 Å². The molecule has 16 heavy (non-hydrogen) atoms. The second kappa shape index (κ2) is 4.42. The molecule has 0 amide bonds. The first-order valence-electron chi connectivity index (χ1n) is 4.80. The zero-order chi connectivity index (χ0) is 11.5. The van der Waals surface area contributed by atoms with Crippen molar-refractivity contribution >= 4 is 11.3 Å². The molecule has 2 nitrogen and oxygen atoms in total. The number of halogens is 1. The Hall–Kier alpha value is -1.73. The lowest BCUT2D eigenvalue weighted by molar-refractivity contribution is 0.627. The zero-order valence-corrected chi connectivity index (χ0v) is 9.51. The first kappa shape index (κ1) is 10.8. The molecule has 0 radical (unpaired) electrons. The molecule has 0 bridgehead atoms. The fraction of sp³-hybridized carbons (Fsp3) is 0.167. The van der Waals surface area contributed by atoms with Gasteiger partial charge in [-0.2, -0.15) is 5.26 Å². The van der Waals surface area contributed by atoms with E-state index < -0.39 is 0 Å². The van der Waals surface area contributed by atoms with E-state index in [1.165, 1.54) is 23.5 Å². The van der Waals surface area contributed by atoms with Crippen molar-refractivity contribution in [3.05, 3.63) is 51.2 Å². The summed E-state index contributed by atoms with van der Waals surface area (Å²) in [7, 11) is 0. The van der Waals surface area contributed by atoms with Gasteiger partial charge in [-0.15, -0.1) is 11.3 Å². The molecule has 2 aromatic rings. The van der Waals surface area contributed by atoms with Crippen LogP contribution in [0.4, 0.5) is 4.39 Å². The van der Waals surface area contributed by atoms with Crippen molar-refractivity contribution in [2.24, 2.45) is 0 Å². The number of nitriles is 1. The van der Waals surface area contributed by atoms with E-state index in [4.69, 9.17) is 5.26 Å². The average Bonchev–Trinajstić information content (AvgIpc) is 2.62. The maximum Gasteiger partial charge on any atom is 0.127 e. The van der Waals surface area contributed by atoms with Gasteiger partial charge in [0.2, 0.25) is 0 Å². The topological polar surface area (TPSA) is 36.7 Å². The number of benzene rings is 1. The third-order valence-corrected chi connectivity index (χ3v) is 3.27. The van der Waals surface area contributed by atoms with E-state index in [-0.39, 0.29) is 5.82 Å². The van der Waals surface area contributed by atoms with Crippen molar-refractivity contribution in [1.29, 1.82) is 5.26 Å². The van der Waals surface area contributed by atoms with Gasteiger partial charge >= 0.3 is 0 Å². The highest BCUT2D eigenvalue weighted by Gasteiger charge is 2.07. The molecule has 4 heteroatoms. The van der Waals surface area contributed by atoms with Gasteiger partial charge in [0.05, 0.1) is 10.7 Å². The number of rotatable bonds is 2. The molecule has 0 aliphatic rings. The fourth-order valence-corrected chi connectivity index (χ4v) is 2.30. The number of thiazole rings is 1. The standard InChI is InChI=1S/C12H9FN2S/c1-8-11(7-14)16-12(15-8)6-9-2-4-10(13)5-3-9/h2-5H,6H2,1H3. The zero-order valence-electron chi connectivity index (χ0n) is 8.70. The molecule has 1 heterocycles. The van der Waals surface area contributed by atoms with Gasteiger partial charge in [0.25, 0.3) is 0 Å². The third kappa shape index (κ3) is 2.26. The van der Waals surface area contributed by atoms with Crippen LogP contribution in [0.5, 0.6) is 0 Å². The smallest absolute Gasteiger partial charge is 0.127 e. The molecule has 0 saturated carbocycles. The normalized spacial score (nSPS) is 10.1. The van der Waals surface area contributed by atoms with Gasteiger partial charge in [-0.1, -0.05) is 12.1 Å². The largest absolute Gasteiger partial charge is 0.245 e. The molecule has 1 aromatic carbocycles. The molecule has 0 atom stereocenters. The number of nitrogens with zero attached hydrogens (tertiary/aromatic N) is 2. The SMILES string of the molecule is Cc1nc(Cc2ccc(F)cc2)sc1C#N. The summed E-state index contributed by atoms with van der Waals surface area (Å²) in [5, 5.41) is 9.69. The predicted octanol–water partition coefficient (Wildman–Crippen LogP) is 3.05. The summed E-state index contributed by atoms with van der Waals surface area (Å²) in [6.45, 7) is 1.82. The maximum atomic E-state index is 12.7. The molecule has 0 unspecified atom stereocenters. The van der Waals surface area contributed by atoms with Crippen molar-refractivity contribution in [2.45, 2.75) is 13.3 Å². The van der Waals surface area contributed by atoms with Gasteiger partial charge in [-0.05, 0) is 24.6 Å². The molecule has 0 N–H and O–H groups in total. The monoisotopic (exact) mass is 232 g/mol. The van der Waals surface area contributed by atoms with Gasteiger partial charge in [-0.25, -0.2) is 9.37 Å². The molecule has 0 saturated heterocycles. The third-order valence-electron chi connectivity index (χ3n) is 2.21. The number of aromatic nitrogens is 1. The van der Waals surface area contributed by atoms with Crippen LogP contribution in [0.25, 0.3) is 0 Å². The van der Waals surface area contributed by atoms with Crippen LogP contribution in [0.2, 0.25) is 0 Å². The van der Waals surface area contributed by atoms with E-state index in [9.17, 15) is 4.39 Å². The molecule has 0 aliphatic carbocycles. The Balaban J connectivity index is 2.21. The average molecular weight is 232 g/mol. The van der Waals surface area contributed by atoms with Crippen LogP contribution < -0.4 is 0 Å². The molecular weight excluding hydrogens is 223 g/mol. The Morgan fingerprint density at radius 2 is 2.06 bits per heavy atom. The highest BCUT2D eigenvalue weighted by molar-refractivity contribution is 7.12. The Bertz CT molecular complexity index is 537. The van der Waals surface area contributed by atoms with E-state index in [2.05, 4.69) is 11.1 Å². The minimum Gasteiger partial charge on any atom is -0.245 e. The number of hydrogen-bond acceptors (Lipinski definition) is 3. The Morgan fingerprint density at radius 1 is 1.38 bits per heavy atom. The Kier molecular flexibility index (Phi) is 2.97. The van der Waals surface area contributed by atoms with Crippen molar-refractivity contribution in [1.82, 2.24) is 4.98 Å². The number of aryl methyl sites for hydroxylation is 1. The van der Waals surface area contributed by atoms with Gasteiger partial charge in [0, 0.05) is 6.42 Å². The van der Waals surface area contributed by atoms with Crippen molar-refractivity contribution in [3.63, 3.8) is 0 Å². The van der Waals surface area contributed by atoms with Gasteiger partial charge in [-0.3, -0.25) is 0 Å². The molecule has 2 rings (SSSR count). The van der Waals surface area contributed by atoms with Crippen LogP contribution in [0.1, 0.15) is 21.1 Å². The first-order valence-corrected chi connectivity index (χ1v) is 5.61.